The first-order valence-electron chi connectivity index (χ1n) is 5.94. The maximum atomic E-state index is 12.1. The summed E-state index contributed by atoms with van der Waals surface area (Å²) in [5.74, 6) is 2.64. The highest BCUT2D eigenvalue weighted by molar-refractivity contribution is 5.83. The number of carbonyl (C=O) groups excluding carboxylic acids is 1. The predicted octanol–water partition coefficient (Wildman–Crippen LogP) is 1.29. The smallest absolute Gasteiger partial charge is 0.237 e. The number of rotatable bonds is 3. The van der Waals surface area contributed by atoms with Gasteiger partial charge in [-0.1, -0.05) is 13.8 Å². The molecule has 1 aliphatic rings. The Morgan fingerprint density at radius 3 is 2.94 bits per heavy atom. The Morgan fingerprint density at radius 2 is 2.38 bits per heavy atom. The standard InChI is InChI=1S/C13H22N2O/c1-5-7-10(2)15-12(16)11-13(3,4)8-6-9-14-11/h1,10-11,14H,6-9H2,2-4H3,(H,15,16). The molecule has 1 amide bonds. The van der Waals surface area contributed by atoms with Gasteiger partial charge in [-0.15, -0.1) is 12.3 Å². The van der Waals surface area contributed by atoms with Gasteiger partial charge in [0.2, 0.25) is 5.91 Å². The van der Waals surface area contributed by atoms with Crippen molar-refractivity contribution < 1.29 is 4.79 Å². The van der Waals surface area contributed by atoms with E-state index < -0.39 is 0 Å². The van der Waals surface area contributed by atoms with E-state index >= 15 is 0 Å². The molecule has 0 bridgehead atoms. The van der Waals surface area contributed by atoms with Crippen molar-refractivity contribution in [1.29, 1.82) is 0 Å². The van der Waals surface area contributed by atoms with Crippen LogP contribution in [0.4, 0.5) is 0 Å². The molecular formula is C13H22N2O. The summed E-state index contributed by atoms with van der Waals surface area (Å²) >= 11 is 0. The summed E-state index contributed by atoms with van der Waals surface area (Å²) in [5.41, 5.74) is 0.0260. The molecule has 90 valence electrons. The maximum Gasteiger partial charge on any atom is 0.237 e. The lowest BCUT2D eigenvalue weighted by molar-refractivity contribution is -0.127. The van der Waals surface area contributed by atoms with Crippen molar-refractivity contribution in [1.82, 2.24) is 10.6 Å². The molecule has 1 saturated heterocycles. The lowest BCUT2D eigenvalue weighted by atomic mass is 9.77. The Kier molecular flexibility index (Phi) is 4.37. The van der Waals surface area contributed by atoms with Crippen molar-refractivity contribution in [2.45, 2.75) is 52.1 Å². The van der Waals surface area contributed by atoms with Gasteiger partial charge in [-0.2, -0.15) is 0 Å². The Balaban J connectivity index is 2.55. The van der Waals surface area contributed by atoms with Gasteiger partial charge in [0.15, 0.2) is 0 Å². The molecule has 1 fully saturated rings. The van der Waals surface area contributed by atoms with Gasteiger partial charge in [-0.05, 0) is 31.7 Å². The molecule has 3 heteroatoms. The summed E-state index contributed by atoms with van der Waals surface area (Å²) in [5, 5.41) is 6.26. The first kappa shape index (κ1) is 13.1. The van der Waals surface area contributed by atoms with Crippen LogP contribution in [0, 0.1) is 17.8 Å². The van der Waals surface area contributed by atoms with Crippen molar-refractivity contribution in [3.63, 3.8) is 0 Å². The Hall–Kier alpha value is -1.01. The van der Waals surface area contributed by atoms with Gasteiger partial charge in [0.1, 0.15) is 0 Å². The fourth-order valence-electron chi connectivity index (χ4n) is 2.21. The molecule has 1 rings (SSSR count). The van der Waals surface area contributed by atoms with Crippen molar-refractivity contribution in [3.05, 3.63) is 0 Å². The molecule has 0 radical (unpaired) electrons. The number of terminal acetylenes is 1. The number of amides is 1. The number of hydrogen-bond acceptors (Lipinski definition) is 2. The van der Waals surface area contributed by atoms with Crippen LogP contribution in [0.5, 0.6) is 0 Å². The minimum Gasteiger partial charge on any atom is -0.351 e. The quantitative estimate of drug-likeness (QED) is 0.707. The van der Waals surface area contributed by atoms with Gasteiger partial charge in [0, 0.05) is 12.5 Å². The topological polar surface area (TPSA) is 41.1 Å². The molecule has 0 aromatic carbocycles. The largest absolute Gasteiger partial charge is 0.351 e. The van der Waals surface area contributed by atoms with Crippen molar-refractivity contribution >= 4 is 5.91 Å². The second kappa shape index (κ2) is 5.36. The second-order valence-electron chi connectivity index (χ2n) is 5.30. The van der Waals surface area contributed by atoms with Crippen LogP contribution in [0.2, 0.25) is 0 Å². The monoisotopic (exact) mass is 222 g/mol. The maximum absolute atomic E-state index is 12.1. The molecule has 2 unspecified atom stereocenters. The van der Waals surface area contributed by atoms with E-state index in [-0.39, 0.29) is 23.4 Å². The highest BCUT2D eigenvalue weighted by atomic mass is 16.2. The van der Waals surface area contributed by atoms with Crippen LogP contribution in [-0.4, -0.2) is 24.5 Å². The molecule has 3 nitrogen and oxygen atoms in total. The van der Waals surface area contributed by atoms with Gasteiger partial charge < -0.3 is 10.6 Å². The number of piperidine rings is 1. The van der Waals surface area contributed by atoms with Crippen LogP contribution in [0.3, 0.4) is 0 Å². The third kappa shape index (κ3) is 3.24. The van der Waals surface area contributed by atoms with E-state index in [9.17, 15) is 4.79 Å². The number of hydrogen-bond donors (Lipinski definition) is 2. The zero-order valence-electron chi connectivity index (χ0n) is 10.5. The normalized spacial score (nSPS) is 25.5. The molecule has 16 heavy (non-hydrogen) atoms. The number of nitrogens with one attached hydrogen (secondary N) is 2. The highest BCUT2D eigenvalue weighted by Gasteiger charge is 2.37. The van der Waals surface area contributed by atoms with Crippen LogP contribution in [0.1, 0.15) is 40.0 Å². The third-order valence-corrected chi connectivity index (χ3v) is 3.20. The fourth-order valence-corrected chi connectivity index (χ4v) is 2.21. The molecule has 0 spiro atoms. The Labute approximate surface area is 98.4 Å². The summed E-state index contributed by atoms with van der Waals surface area (Å²) in [6, 6.07) is -0.0431. The van der Waals surface area contributed by atoms with Crippen LogP contribution in [0.25, 0.3) is 0 Å². The van der Waals surface area contributed by atoms with E-state index in [0.717, 1.165) is 19.4 Å². The van der Waals surface area contributed by atoms with E-state index in [0.29, 0.717) is 6.42 Å². The molecule has 0 aromatic heterocycles. The summed E-state index contributed by atoms with van der Waals surface area (Å²) in [6.45, 7) is 7.13. The van der Waals surface area contributed by atoms with E-state index in [1.54, 1.807) is 0 Å². The van der Waals surface area contributed by atoms with E-state index in [1.807, 2.05) is 6.92 Å². The average molecular weight is 222 g/mol. The van der Waals surface area contributed by atoms with Crippen LogP contribution >= 0.6 is 0 Å². The highest BCUT2D eigenvalue weighted by Crippen LogP contribution is 2.30. The molecule has 2 atom stereocenters. The van der Waals surface area contributed by atoms with Crippen LogP contribution < -0.4 is 10.6 Å². The van der Waals surface area contributed by atoms with Crippen molar-refractivity contribution in [2.24, 2.45) is 5.41 Å². The second-order valence-corrected chi connectivity index (χ2v) is 5.30. The van der Waals surface area contributed by atoms with Crippen molar-refractivity contribution in [3.8, 4) is 12.3 Å². The summed E-state index contributed by atoms with van der Waals surface area (Å²) in [4.78, 5) is 12.1. The van der Waals surface area contributed by atoms with Crippen LogP contribution in [-0.2, 0) is 4.79 Å². The van der Waals surface area contributed by atoms with E-state index in [1.165, 1.54) is 0 Å². The molecule has 0 saturated carbocycles. The zero-order valence-corrected chi connectivity index (χ0v) is 10.5. The van der Waals surface area contributed by atoms with Crippen molar-refractivity contribution in [2.75, 3.05) is 6.54 Å². The molecule has 1 aliphatic heterocycles. The van der Waals surface area contributed by atoms with Gasteiger partial charge >= 0.3 is 0 Å². The lowest BCUT2D eigenvalue weighted by Crippen LogP contribution is -2.56. The van der Waals surface area contributed by atoms with Crippen LogP contribution in [0.15, 0.2) is 0 Å². The minimum atomic E-state index is -0.0959. The third-order valence-electron chi connectivity index (χ3n) is 3.20. The summed E-state index contributed by atoms with van der Waals surface area (Å²) in [7, 11) is 0. The average Bonchev–Trinajstić information content (AvgIpc) is 2.16. The summed E-state index contributed by atoms with van der Waals surface area (Å²) < 4.78 is 0. The molecule has 1 heterocycles. The zero-order chi connectivity index (χ0) is 12.2. The number of carbonyl (C=O) groups is 1. The minimum absolute atomic E-state index is 0.0260. The lowest BCUT2D eigenvalue weighted by Gasteiger charge is -2.38. The predicted molar refractivity (Wildman–Crippen MR) is 65.9 cm³/mol. The SMILES string of the molecule is C#CCC(C)NC(=O)C1NCCCC1(C)C. The molecule has 2 N–H and O–H groups in total. The van der Waals surface area contributed by atoms with Gasteiger partial charge in [0.25, 0.3) is 0 Å². The van der Waals surface area contributed by atoms with Gasteiger partial charge in [-0.3, -0.25) is 4.79 Å². The fraction of sp³-hybridized carbons (Fsp3) is 0.769. The van der Waals surface area contributed by atoms with Gasteiger partial charge in [0.05, 0.1) is 6.04 Å². The first-order chi connectivity index (χ1) is 7.47. The Bertz CT molecular complexity index is 291. The van der Waals surface area contributed by atoms with Gasteiger partial charge in [-0.25, -0.2) is 0 Å². The Morgan fingerprint density at radius 1 is 1.69 bits per heavy atom. The van der Waals surface area contributed by atoms with E-state index in [2.05, 4.69) is 30.4 Å². The molecular weight excluding hydrogens is 200 g/mol. The van der Waals surface area contributed by atoms with E-state index in [4.69, 9.17) is 6.42 Å². The summed E-state index contributed by atoms with van der Waals surface area (Å²) in [6.07, 6.45) is 8.02. The first-order valence-corrected chi connectivity index (χ1v) is 5.94. The molecule has 0 aromatic rings. The molecule has 0 aliphatic carbocycles.